The number of carbonyl (C=O) groups is 3. The fourth-order valence-corrected chi connectivity index (χ4v) is 10.4. The molecule has 0 radical (unpaired) electrons. The van der Waals surface area contributed by atoms with Gasteiger partial charge in [0, 0.05) is 19.3 Å². The molecule has 0 aliphatic rings. The van der Waals surface area contributed by atoms with Crippen molar-refractivity contribution >= 4 is 17.9 Å². The molecule has 0 spiro atoms. The van der Waals surface area contributed by atoms with Gasteiger partial charge in [-0.2, -0.15) is 0 Å². The number of hydrogen-bond acceptors (Lipinski definition) is 6. The molecule has 0 bridgehead atoms. The van der Waals surface area contributed by atoms with E-state index in [1.807, 2.05) is 0 Å². The van der Waals surface area contributed by atoms with Gasteiger partial charge in [0.05, 0.1) is 0 Å². The number of unbranched alkanes of at least 4 members (excludes halogenated alkanes) is 45. The highest BCUT2D eigenvalue weighted by Gasteiger charge is 2.19. The average Bonchev–Trinajstić information content (AvgIpc) is 3.44. The highest BCUT2D eigenvalue weighted by atomic mass is 16.6. The zero-order chi connectivity index (χ0) is 56.4. The standard InChI is InChI=1S/C72H132O6/c1-4-7-10-13-16-19-22-25-28-31-33-35-36-37-39-41-44-47-50-53-56-59-62-65-71(74)77-68-69(67-76-70(73)64-61-58-55-52-49-46-43-40-30-27-24-21-18-15-12-9-6-3)78-72(75)66-63-60-57-54-51-48-45-42-38-34-32-29-26-23-20-17-14-11-8-5-2/h7,10,16,19,25,28,33,35,69H,4-6,8-9,11-15,17-18,20-24,26-27,29-32,34,36-68H2,1-3H3/b10-7-,19-16-,28-25-,35-33-. The molecule has 0 aromatic heterocycles. The number of esters is 3. The first kappa shape index (κ1) is 75.4. The molecule has 0 aromatic carbocycles. The highest BCUT2D eigenvalue weighted by Crippen LogP contribution is 2.18. The van der Waals surface area contributed by atoms with Crippen molar-refractivity contribution < 1.29 is 28.6 Å². The van der Waals surface area contributed by atoms with Crippen LogP contribution in [0.25, 0.3) is 0 Å². The molecule has 0 heterocycles. The monoisotopic (exact) mass is 1090 g/mol. The van der Waals surface area contributed by atoms with Gasteiger partial charge >= 0.3 is 17.9 Å². The predicted molar refractivity (Wildman–Crippen MR) is 339 cm³/mol. The summed E-state index contributed by atoms with van der Waals surface area (Å²) >= 11 is 0. The fraction of sp³-hybridized carbons (Fsp3) is 0.847. The van der Waals surface area contributed by atoms with Crippen molar-refractivity contribution in [1.82, 2.24) is 0 Å². The van der Waals surface area contributed by atoms with E-state index in [1.54, 1.807) is 0 Å². The summed E-state index contributed by atoms with van der Waals surface area (Å²) in [5.41, 5.74) is 0. The lowest BCUT2D eigenvalue weighted by atomic mass is 10.0. The Hall–Kier alpha value is -2.63. The minimum Gasteiger partial charge on any atom is -0.462 e. The first-order chi connectivity index (χ1) is 38.5. The minimum atomic E-state index is -0.772. The van der Waals surface area contributed by atoms with Crippen molar-refractivity contribution in [1.29, 1.82) is 0 Å². The van der Waals surface area contributed by atoms with Crippen molar-refractivity contribution in [3.63, 3.8) is 0 Å². The molecular weight excluding hydrogens is 961 g/mol. The van der Waals surface area contributed by atoms with Crippen LogP contribution in [0.2, 0.25) is 0 Å². The molecule has 1 atom stereocenters. The maximum Gasteiger partial charge on any atom is 0.306 e. The molecule has 0 N–H and O–H groups in total. The predicted octanol–water partition coefficient (Wildman–Crippen LogP) is 23.7. The van der Waals surface area contributed by atoms with Gasteiger partial charge in [-0.1, -0.05) is 345 Å². The summed E-state index contributed by atoms with van der Waals surface area (Å²) in [4.78, 5) is 38.5. The third kappa shape index (κ3) is 64.2. The van der Waals surface area contributed by atoms with Gasteiger partial charge in [0.25, 0.3) is 0 Å². The molecule has 6 heteroatoms. The largest absolute Gasteiger partial charge is 0.462 e. The Labute approximate surface area is 486 Å². The van der Waals surface area contributed by atoms with Crippen molar-refractivity contribution in [2.75, 3.05) is 13.2 Å². The minimum absolute atomic E-state index is 0.0681. The van der Waals surface area contributed by atoms with Gasteiger partial charge in [-0.05, 0) is 57.8 Å². The van der Waals surface area contributed by atoms with E-state index in [2.05, 4.69) is 69.4 Å². The molecule has 1 unspecified atom stereocenters. The van der Waals surface area contributed by atoms with Crippen LogP contribution in [0.5, 0.6) is 0 Å². The van der Waals surface area contributed by atoms with Crippen molar-refractivity contribution in [3.8, 4) is 0 Å². The van der Waals surface area contributed by atoms with Gasteiger partial charge in [0.1, 0.15) is 13.2 Å². The van der Waals surface area contributed by atoms with Crippen LogP contribution in [0.15, 0.2) is 48.6 Å². The Balaban J connectivity index is 4.31. The molecule has 0 amide bonds. The van der Waals surface area contributed by atoms with E-state index in [0.717, 1.165) is 83.5 Å². The maximum absolute atomic E-state index is 13.0. The van der Waals surface area contributed by atoms with Crippen LogP contribution in [-0.2, 0) is 28.6 Å². The van der Waals surface area contributed by atoms with Crippen LogP contribution in [0.4, 0.5) is 0 Å². The van der Waals surface area contributed by atoms with Gasteiger partial charge in [-0.25, -0.2) is 0 Å². The molecular formula is C72H132O6. The highest BCUT2D eigenvalue weighted by molar-refractivity contribution is 5.71. The molecule has 6 nitrogen and oxygen atoms in total. The van der Waals surface area contributed by atoms with Gasteiger partial charge in [0.2, 0.25) is 0 Å². The van der Waals surface area contributed by atoms with Gasteiger partial charge in [-0.15, -0.1) is 0 Å². The first-order valence-corrected chi connectivity index (χ1v) is 34.6. The zero-order valence-corrected chi connectivity index (χ0v) is 52.5. The Kier molecular flexibility index (Phi) is 64.6. The molecule has 456 valence electrons. The lowest BCUT2D eigenvalue weighted by Gasteiger charge is -2.18. The van der Waals surface area contributed by atoms with E-state index < -0.39 is 6.10 Å². The molecule has 0 aliphatic heterocycles. The second-order valence-electron chi connectivity index (χ2n) is 23.4. The lowest BCUT2D eigenvalue weighted by Crippen LogP contribution is -2.30. The summed E-state index contributed by atoms with van der Waals surface area (Å²) in [5, 5.41) is 0. The summed E-state index contributed by atoms with van der Waals surface area (Å²) < 4.78 is 17.0. The number of allylic oxidation sites excluding steroid dienone is 8. The molecule has 0 saturated carbocycles. The molecule has 0 aliphatic carbocycles. The quantitative estimate of drug-likeness (QED) is 0.0261. The number of hydrogen-bond donors (Lipinski definition) is 0. The Morgan fingerprint density at radius 2 is 0.500 bits per heavy atom. The topological polar surface area (TPSA) is 78.9 Å². The van der Waals surface area contributed by atoms with Crippen LogP contribution in [-0.4, -0.2) is 37.2 Å². The van der Waals surface area contributed by atoms with Gasteiger partial charge < -0.3 is 14.2 Å². The summed E-state index contributed by atoms with van der Waals surface area (Å²) in [5.74, 6) is -0.843. The average molecular weight is 1090 g/mol. The number of ether oxygens (including phenoxy) is 3. The van der Waals surface area contributed by atoms with Crippen LogP contribution in [0.1, 0.15) is 374 Å². The molecule has 0 rings (SSSR count). The fourth-order valence-electron chi connectivity index (χ4n) is 10.4. The third-order valence-corrected chi connectivity index (χ3v) is 15.6. The maximum atomic E-state index is 13.0. The SMILES string of the molecule is CC/C=C\C/C=C\C/C=C\C/C=C\CCCCCCCCCCCCC(=O)OCC(COC(=O)CCCCCCCCCCCCCCCCCCC)OC(=O)CCCCCCCCCCCCCCCCCCCCCC. The van der Waals surface area contributed by atoms with E-state index in [9.17, 15) is 14.4 Å². The van der Waals surface area contributed by atoms with Crippen molar-refractivity contribution in [2.45, 2.75) is 380 Å². The van der Waals surface area contributed by atoms with E-state index in [4.69, 9.17) is 14.2 Å². The number of rotatable bonds is 64. The van der Waals surface area contributed by atoms with E-state index in [1.165, 1.54) is 250 Å². The zero-order valence-electron chi connectivity index (χ0n) is 52.5. The normalized spacial score (nSPS) is 12.3. The molecule has 78 heavy (non-hydrogen) atoms. The van der Waals surface area contributed by atoms with Crippen molar-refractivity contribution in [2.24, 2.45) is 0 Å². The summed E-state index contributed by atoms with van der Waals surface area (Å²) in [6.45, 7) is 6.60. The van der Waals surface area contributed by atoms with Gasteiger partial charge in [0.15, 0.2) is 6.10 Å². The Morgan fingerprint density at radius 1 is 0.269 bits per heavy atom. The first-order valence-electron chi connectivity index (χ1n) is 34.6. The molecule has 0 fully saturated rings. The molecule has 0 saturated heterocycles. The summed E-state index contributed by atoms with van der Waals surface area (Å²) in [6, 6.07) is 0. The number of carbonyl (C=O) groups excluding carboxylic acids is 3. The van der Waals surface area contributed by atoms with Crippen LogP contribution >= 0.6 is 0 Å². The molecule has 0 aromatic rings. The Bertz CT molecular complexity index is 1350. The van der Waals surface area contributed by atoms with Crippen LogP contribution < -0.4 is 0 Å². The summed E-state index contributed by atoms with van der Waals surface area (Å²) in [7, 11) is 0. The van der Waals surface area contributed by atoms with E-state index >= 15 is 0 Å². The third-order valence-electron chi connectivity index (χ3n) is 15.6. The van der Waals surface area contributed by atoms with Crippen molar-refractivity contribution in [3.05, 3.63) is 48.6 Å². The lowest BCUT2D eigenvalue weighted by molar-refractivity contribution is -0.167. The second-order valence-corrected chi connectivity index (χ2v) is 23.4. The summed E-state index contributed by atoms with van der Waals surface area (Å²) in [6.07, 6.45) is 84.1. The second kappa shape index (κ2) is 66.9. The van der Waals surface area contributed by atoms with E-state index in [0.29, 0.717) is 19.3 Å². The van der Waals surface area contributed by atoms with E-state index in [-0.39, 0.29) is 31.1 Å². The van der Waals surface area contributed by atoms with Crippen LogP contribution in [0.3, 0.4) is 0 Å². The smallest absolute Gasteiger partial charge is 0.306 e. The Morgan fingerprint density at radius 3 is 0.782 bits per heavy atom. The van der Waals surface area contributed by atoms with Crippen LogP contribution in [0, 0.1) is 0 Å². The van der Waals surface area contributed by atoms with Gasteiger partial charge in [-0.3, -0.25) is 14.4 Å².